The average Bonchev–Trinajstić information content (AvgIpc) is 3.42. The number of nitrogens with zero attached hydrogens (tertiary/aromatic N) is 2. The van der Waals surface area contributed by atoms with E-state index in [1.54, 1.807) is 24.3 Å². The zero-order valence-electron chi connectivity index (χ0n) is 20.2. The zero-order valence-corrected chi connectivity index (χ0v) is 21.0. The molecule has 0 N–H and O–H groups in total. The van der Waals surface area contributed by atoms with Gasteiger partial charge >= 0.3 is 5.97 Å². The number of hydrogen-bond acceptors (Lipinski definition) is 6. The maximum Gasteiger partial charge on any atom is 0.328 e. The molecule has 0 saturated carbocycles. The SMILES string of the molecule is CC(C)(C)COC(=O)[C@@H]1CCCN1C(=O)[C@H](CSc1ccccc1)N1C(=O)c2ccccc2C1=O. The number of hydrogen-bond donors (Lipinski definition) is 0. The second-order valence-electron chi connectivity index (χ2n) is 10.0. The van der Waals surface area contributed by atoms with Crippen LogP contribution >= 0.6 is 11.8 Å². The summed E-state index contributed by atoms with van der Waals surface area (Å²) in [6.07, 6.45) is 1.15. The third-order valence-electron chi connectivity index (χ3n) is 6.03. The molecule has 35 heavy (non-hydrogen) atoms. The third-order valence-corrected chi connectivity index (χ3v) is 7.12. The third kappa shape index (κ3) is 5.42. The van der Waals surface area contributed by atoms with Gasteiger partial charge in [0.25, 0.3) is 11.8 Å². The van der Waals surface area contributed by atoms with Crippen molar-refractivity contribution in [3.63, 3.8) is 0 Å². The molecule has 3 amide bonds. The Kier molecular flexibility index (Phi) is 7.31. The van der Waals surface area contributed by atoms with Crippen molar-refractivity contribution in [3.8, 4) is 0 Å². The number of rotatable bonds is 7. The Bertz CT molecular complexity index is 1090. The van der Waals surface area contributed by atoms with Gasteiger partial charge in [0.1, 0.15) is 12.1 Å². The van der Waals surface area contributed by atoms with Crippen molar-refractivity contribution >= 4 is 35.5 Å². The Hall–Kier alpha value is -3.13. The van der Waals surface area contributed by atoms with E-state index in [0.717, 1.165) is 9.80 Å². The molecule has 1 saturated heterocycles. The number of ether oxygens (including phenoxy) is 1. The number of imide groups is 1. The lowest BCUT2D eigenvalue weighted by molar-refractivity contribution is -0.156. The summed E-state index contributed by atoms with van der Waals surface area (Å²) in [6, 6.07) is 14.4. The molecule has 0 unspecified atom stereocenters. The van der Waals surface area contributed by atoms with E-state index < -0.39 is 35.8 Å². The molecular weight excluding hydrogens is 464 g/mol. The summed E-state index contributed by atoms with van der Waals surface area (Å²) in [7, 11) is 0. The molecule has 2 aliphatic heterocycles. The van der Waals surface area contributed by atoms with Crippen LogP contribution in [0, 0.1) is 5.41 Å². The van der Waals surface area contributed by atoms with Crippen LogP contribution in [0.2, 0.25) is 0 Å². The number of thioether (sulfide) groups is 1. The van der Waals surface area contributed by atoms with Gasteiger partial charge in [0, 0.05) is 17.2 Å². The summed E-state index contributed by atoms with van der Waals surface area (Å²) >= 11 is 1.40. The first-order chi connectivity index (χ1) is 16.7. The maximum absolute atomic E-state index is 13.9. The Morgan fingerprint density at radius 3 is 2.20 bits per heavy atom. The summed E-state index contributed by atoms with van der Waals surface area (Å²) in [6.45, 7) is 6.53. The minimum absolute atomic E-state index is 0.189. The normalized spacial score (nSPS) is 18.5. The monoisotopic (exact) mass is 494 g/mol. The summed E-state index contributed by atoms with van der Waals surface area (Å²) < 4.78 is 5.51. The minimum atomic E-state index is -1.04. The molecule has 7 nitrogen and oxygen atoms in total. The van der Waals surface area contributed by atoms with Crippen molar-refractivity contribution in [2.24, 2.45) is 5.41 Å². The number of fused-ring (bicyclic) bond motifs is 1. The summed E-state index contributed by atoms with van der Waals surface area (Å²) in [4.78, 5) is 56.7. The summed E-state index contributed by atoms with van der Waals surface area (Å²) in [5.74, 6) is -1.62. The van der Waals surface area contributed by atoms with Crippen LogP contribution in [0.4, 0.5) is 0 Å². The predicted octanol–water partition coefficient (Wildman–Crippen LogP) is 4.02. The Balaban J connectivity index is 1.59. The lowest BCUT2D eigenvalue weighted by Gasteiger charge is -2.32. The standard InChI is InChI=1S/C27H30N2O5S/c1-27(2,3)17-34-26(33)21-14-9-15-28(21)25(32)22(16-35-18-10-5-4-6-11-18)29-23(30)19-12-7-8-13-20(19)24(29)31/h4-8,10-13,21-22H,9,14-17H2,1-3H3/t21-,22-/m0/s1. The first-order valence-electron chi connectivity index (χ1n) is 11.8. The quantitative estimate of drug-likeness (QED) is 0.328. The van der Waals surface area contributed by atoms with E-state index >= 15 is 0 Å². The van der Waals surface area contributed by atoms with Gasteiger partial charge in [0.2, 0.25) is 5.91 Å². The van der Waals surface area contributed by atoms with Crippen LogP contribution in [0.25, 0.3) is 0 Å². The van der Waals surface area contributed by atoms with Crippen molar-refractivity contribution in [2.75, 3.05) is 18.9 Å². The second kappa shape index (κ2) is 10.2. The summed E-state index contributed by atoms with van der Waals surface area (Å²) in [5, 5.41) is 0. The van der Waals surface area contributed by atoms with E-state index in [1.807, 2.05) is 51.1 Å². The molecule has 2 aliphatic rings. The number of esters is 1. The van der Waals surface area contributed by atoms with E-state index in [-0.39, 0.29) is 17.8 Å². The molecule has 0 bridgehead atoms. The van der Waals surface area contributed by atoms with Crippen LogP contribution in [0.3, 0.4) is 0 Å². The van der Waals surface area contributed by atoms with Crippen LogP contribution in [0.5, 0.6) is 0 Å². The topological polar surface area (TPSA) is 84.0 Å². The molecule has 2 aromatic carbocycles. The van der Waals surface area contributed by atoms with Crippen LogP contribution in [-0.4, -0.2) is 64.5 Å². The number of carbonyl (C=O) groups is 4. The number of benzene rings is 2. The molecule has 0 aromatic heterocycles. The highest BCUT2D eigenvalue weighted by Gasteiger charge is 2.46. The van der Waals surface area contributed by atoms with Gasteiger partial charge in [0.15, 0.2) is 0 Å². The van der Waals surface area contributed by atoms with Gasteiger partial charge in [-0.25, -0.2) is 4.79 Å². The number of amides is 3. The van der Waals surface area contributed by atoms with Gasteiger partial charge in [-0.2, -0.15) is 0 Å². The Morgan fingerprint density at radius 1 is 1.00 bits per heavy atom. The van der Waals surface area contributed by atoms with Crippen molar-refractivity contribution in [1.82, 2.24) is 9.80 Å². The van der Waals surface area contributed by atoms with E-state index in [0.29, 0.717) is 30.5 Å². The highest BCUT2D eigenvalue weighted by Crippen LogP contribution is 2.30. The maximum atomic E-state index is 13.9. The molecule has 4 rings (SSSR count). The second-order valence-corrected chi connectivity index (χ2v) is 11.1. The van der Waals surface area contributed by atoms with Crippen LogP contribution < -0.4 is 0 Å². The molecule has 0 spiro atoms. The summed E-state index contributed by atoms with van der Waals surface area (Å²) in [5.41, 5.74) is 0.392. The van der Waals surface area contributed by atoms with Crippen molar-refractivity contribution in [1.29, 1.82) is 0 Å². The molecule has 2 aromatic rings. The van der Waals surface area contributed by atoms with Crippen molar-refractivity contribution in [2.45, 2.75) is 50.6 Å². The van der Waals surface area contributed by atoms with Gasteiger partial charge in [-0.1, -0.05) is 51.1 Å². The van der Waals surface area contributed by atoms with E-state index in [9.17, 15) is 19.2 Å². The van der Waals surface area contributed by atoms with Gasteiger partial charge < -0.3 is 9.64 Å². The van der Waals surface area contributed by atoms with E-state index in [2.05, 4.69) is 0 Å². The first-order valence-corrected chi connectivity index (χ1v) is 12.8. The Labute approximate surface area is 209 Å². The predicted molar refractivity (Wildman–Crippen MR) is 133 cm³/mol. The fourth-order valence-electron chi connectivity index (χ4n) is 4.29. The fraction of sp³-hybridized carbons (Fsp3) is 0.407. The zero-order chi connectivity index (χ0) is 25.2. The lowest BCUT2D eigenvalue weighted by atomic mass is 9.99. The molecule has 2 atom stereocenters. The molecular formula is C27H30N2O5S. The highest BCUT2D eigenvalue weighted by atomic mass is 32.2. The first kappa shape index (κ1) is 25.0. The van der Waals surface area contributed by atoms with Crippen molar-refractivity contribution in [3.05, 3.63) is 65.7 Å². The molecule has 8 heteroatoms. The largest absolute Gasteiger partial charge is 0.464 e. The van der Waals surface area contributed by atoms with Gasteiger partial charge in [0.05, 0.1) is 17.7 Å². The molecule has 184 valence electrons. The Morgan fingerprint density at radius 2 is 1.60 bits per heavy atom. The lowest BCUT2D eigenvalue weighted by Crippen LogP contribution is -2.54. The van der Waals surface area contributed by atoms with Crippen LogP contribution in [-0.2, 0) is 14.3 Å². The van der Waals surface area contributed by atoms with Gasteiger partial charge in [-0.3, -0.25) is 19.3 Å². The smallest absolute Gasteiger partial charge is 0.328 e. The van der Waals surface area contributed by atoms with Crippen molar-refractivity contribution < 1.29 is 23.9 Å². The van der Waals surface area contributed by atoms with Crippen LogP contribution in [0.15, 0.2) is 59.5 Å². The number of carbonyl (C=O) groups excluding carboxylic acids is 4. The van der Waals surface area contributed by atoms with Crippen LogP contribution in [0.1, 0.15) is 54.3 Å². The van der Waals surface area contributed by atoms with E-state index in [1.165, 1.54) is 16.7 Å². The molecule has 0 aliphatic carbocycles. The molecule has 1 fully saturated rings. The molecule has 2 heterocycles. The number of likely N-dealkylation sites (tertiary alicyclic amines) is 1. The fourth-order valence-corrected chi connectivity index (χ4v) is 5.28. The van der Waals surface area contributed by atoms with Gasteiger partial charge in [-0.05, 0) is 42.5 Å². The highest BCUT2D eigenvalue weighted by molar-refractivity contribution is 7.99. The molecule has 0 radical (unpaired) electrons. The van der Waals surface area contributed by atoms with E-state index in [4.69, 9.17) is 4.74 Å². The average molecular weight is 495 g/mol. The minimum Gasteiger partial charge on any atom is -0.464 e. The van der Waals surface area contributed by atoms with Gasteiger partial charge in [-0.15, -0.1) is 11.8 Å².